The van der Waals surface area contributed by atoms with Gasteiger partial charge in [0.1, 0.15) is 0 Å². The van der Waals surface area contributed by atoms with Gasteiger partial charge in [0.15, 0.2) is 0 Å². The van der Waals surface area contributed by atoms with E-state index in [0.717, 1.165) is 35.2 Å². The standard InChI is InChI=1S/C25H27N3O2S/c1-18-11-12-19(2)28(18)31(29,30)22-15-13-20(14-16-22)24-23-10-6-7-17-27(23)26-25(24)21-8-4-3-5-9-21/h6-7,10-17,21H,3-5,8-9H2,1-2H3. The molecule has 3 heterocycles. The van der Waals surface area contributed by atoms with Crippen molar-refractivity contribution in [3.8, 4) is 11.1 Å². The molecule has 31 heavy (non-hydrogen) atoms. The number of aryl methyl sites for hydroxylation is 2. The Bertz CT molecular complexity index is 1320. The maximum atomic E-state index is 13.2. The van der Waals surface area contributed by atoms with E-state index < -0.39 is 10.0 Å². The summed E-state index contributed by atoms with van der Waals surface area (Å²) in [6.07, 6.45) is 8.09. The molecule has 5 rings (SSSR count). The molecule has 1 aliphatic rings. The van der Waals surface area contributed by atoms with E-state index >= 15 is 0 Å². The lowest BCUT2D eigenvalue weighted by molar-refractivity contribution is 0.436. The van der Waals surface area contributed by atoms with Crippen molar-refractivity contribution in [2.45, 2.75) is 56.8 Å². The van der Waals surface area contributed by atoms with Gasteiger partial charge < -0.3 is 0 Å². The molecule has 0 saturated heterocycles. The quantitative estimate of drug-likeness (QED) is 0.414. The number of benzene rings is 1. The van der Waals surface area contributed by atoms with E-state index in [-0.39, 0.29) is 0 Å². The van der Waals surface area contributed by atoms with Gasteiger partial charge in [-0.1, -0.05) is 37.5 Å². The number of hydrogen-bond donors (Lipinski definition) is 0. The van der Waals surface area contributed by atoms with Crippen LogP contribution in [0.5, 0.6) is 0 Å². The van der Waals surface area contributed by atoms with Gasteiger partial charge in [-0.3, -0.25) is 0 Å². The molecule has 0 radical (unpaired) electrons. The van der Waals surface area contributed by atoms with E-state index in [1.165, 1.54) is 23.2 Å². The van der Waals surface area contributed by atoms with Crippen LogP contribution in [0.3, 0.4) is 0 Å². The first kappa shape index (κ1) is 20.1. The molecule has 0 bridgehead atoms. The molecule has 160 valence electrons. The minimum absolute atomic E-state index is 0.300. The first-order valence-electron chi connectivity index (χ1n) is 10.9. The monoisotopic (exact) mass is 433 g/mol. The molecule has 6 heteroatoms. The largest absolute Gasteiger partial charge is 0.268 e. The van der Waals surface area contributed by atoms with Gasteiger partial charge in [-0.05, 0) is 68.7 Å². The third-order valence-electron chi connectivity index (χ3n) is 6.45. The van der Waals surface area contributed by atoms with Crippen LogP contribution in [0.2, 0.25) is 0 Å². The maximum absolute atomic E-state index is 13.2. The van der Waals surface area contributed by atoms with Crippen LogP contribution in [0.25, 0.3) is 16.6 Å². The molecule has 0 N–H and O–H groups in total. The molecular weight excluding hydrogens is 406 g/mol. The van der Waals surface area contributed by atoms with Crippen molar-refractivity contribution in [2.24, 2.45) is 0 Å². The fraction of sp³-hybridized carbons (Fsp3) is 0.320. The van der Waals surface area contributed by atoms with E-state index in [2.05, 4.69) is 6.07 Å². The van der Waals surface area contributed by atoms with Gasteiger partial charge in [0, 0.05) is 29.1 Å². The normalized spacial score (nSPS) is 15.5. The molecule has 5 nitrogen and oxygen atoms in total. The lowest BCUT2D eigenvalue weighted by atomic mass is 9.84. The Kier molecular flexibility index (Phi) is 4.97. The summed E-state index contributed by atoms with van der Waals surface area (Å²) >= 11 is 0. The summed E-state index contributed by atoms with van der Waals surface area (Å²) in [5.41, 5.74) is 5.77. The summed E-state index contributed by atoms with van der Waals surface area (Å²) in [5.74, 6) is 0.456. The van der Waals surface area contributed by atoms with Gasteiger partial charge >= 0.3 is 0 Å². The summed E-state index contributed by atoms with van der Waals surface area (Å²) in [6, 6.07) is 17.1. The minimum atomic E-state index is -3.62. The summed E-state index contributed by atoms with van der Waals surface area (Å²) in [7, 11) is -3.62. The van der Waals surface area contributed by atoms with Gasteiger partial charge in [0.2, 0.25) is 0 Å². The Balaban J connectivity index is 1.60. The highest BCUT2D eigenvalue weighted by Gasteiger charge is 2.25. The first-order valence-corrected chi connectivity index (χ1v) is 12.4. The fourth-order valence-electron chi connectivity index (χ4n) is 4.91. The van der Waals surface area contributed by atoms with Gasteiger partial charge in [-0.2, -0.15) is 5.10 Å². The molecule has 3 aromatic heterocycles. The van der Waals surface area contributed by atoms with E-state index in [0.29, 0.717) is 22.2 Å². The summed E-state index contributed by atoms with van der Waals surface area (Å²) in [4.78, 5) is 0.300. The SMILES string of the molecule is Cc1ccc(C)n1S(=O)(=O)c1ccc(-c2c(C3CCCCC3)nn3ccccc23)cc1. The second-order valence-corrected chi connectivity index (χ2v) is 10.3. The molecular formula is C25H27N3O2S. The first-order chi connectivity index (χ1) is 15.0. The van der Waals surface area contributed by atoms with Crippen molar-refractivity contribution in [1.82, 2.24) is 13.6 Å². The van der Waals surface area contributed by atoms with Crippen LogP contribution in [0, 0.1) is 13.8 Å². The lowest BCUT2D eigenvalue weighted by Gasteiger charge is -2.21. The predicted octanol–water partition coefficient (Wildman–Crippen LogP) is 5.70. The highest BCUT2D eigenvalue weighted by molar-refractivity contribution is 7.90. The minimum Gasteiger partial charge on any atom is -0.243 e. The van der Waals surface area contributed by atoms with Crippen LogP contribution >= 0.6 is 0 Å². The number of rotatable bonds is 4. The Morgan fingerprint density at radius 3 is 2.23 bits per heavy atom. The van der Waals surface area contributed by atoms with Crippen molar-refractivity contribution < 1.29 is 8.42 Å². The van der Waals surface area contributed by atoms with E-state index in [1.807, 2.05) is 61.0 Å². The molecule has 0 atom stereocenters. The number of nitrogens with zero attached hydrogens (tertiary/aromatic N) is 3. The predicted molar refractivity (Wildman–Crippen MR) is 123 cm³/mol. The zero-order valence-corrected chi connectivity index (χ0v) is 18.8. The summed E-state index contributed by atoms with van der Waals surface area (Å²) in [6.45, 7) is 3.63. The smallest absolute Gasteiger partial charge is 0.243 e. The Hall–Kier alpha value is -2.86. The molecule has 0 amide bonds. The van der Waals surface area contributed by atoms with Crippen LogP contribution in [-0.2, 0) is 10.0 Å². The highest BCUT2D eigenvalue weighted by atomic mass is 32.2. The van der Waals surface area contributed by atoms with Gasteiger partial charge in [-0.15, -0.1) is 0 Å². The van der Waals surface area contributed by atoms with Crippen LogP contribution in [0.1, 0.15) is 55.1 Å². The van der Waals surface area contributed by atoms with Crippen molar-refractivity contribution in [3.63, 3.8) is 0 Å². The van der Waals surface area contributed by atoms with Crippen LogP contribution in [0.4, 0.5) is 0 Å². The number of aromatic nitrogens is 3. The van der Waals surface area contributed by atoms with E-state index in [4.69, 9.17) is 5.10 Å². The number of pyridine rings is 1. The van der Waals surface area contributed by atoms with Crippen molar-refractivity contribution in [2.75, 3.05) is 0 Å². The zero-order valence-electron chi connectivity index (χ0n) is 18.0. The Labute approximate surface area is 183 Å². The topological polar surface area (TPSA) is 56.4 Å². The lowest BCUT2D eigenvalue weighted by Crippen LogP contribution is -2.15. The van der Waals surface area contributed by atoms with Crippen molar-refractivity contribution >= 4 is 15.5 Å². The molecule has 0 spiro atoms. The third kappa shape index (κ3) is 3.39. The van der Waals surface area contributed by atoms with Crippen LogP contribution in [0.15, 0.2) is 65.7 Å². The third-order valence-corrected chi connectivity index (χ3v) is 8.37. The summed E-state index contributed by atoms with van der Waals surface area (Å²) in [5, 5.41) is 4.94. The van der Waals surface area contributed by atoms with Gasteiger partial charge in [-0.25, -0.2) is 16.9 Å². The molecule has 1 aliphatic carbocycles. The second kappa shape index (κ2) is 7.68. The van der Waals surface area contributed by atoms with Crippen molar-refractivity contribution in [3.05, 3.63) is 77.9 Å². The van der Waals surface area contributed by atoms with Crippen LogP contribution in [-0.4, -0.2) is 22.0 Å². The molecule has 1 aromatic carbocycles. The zero-order chi connectivity index (χ0) is 21.6. The Morgan fingerprint density at radius 1 is 0.871 bits per heavy atom. The molecule has 0 aliphatic heterocycles. The van der Waals surface area contributed by atoms with Crippen LogP contribution < -0.4 is 0 Å². The number of hydrogen-bond acceptors (Lipinski definition) is 3. The average Bonchev–Trinajstić information content (AvgIpc) is 3.34. The highest BCUT2D eigenvalue weighted by Crippen LogP contribution is 2.39. The van der Waals surface area contributed by atoms with Crippen molar-refractivity contribution in [1.29, 1.82) is 0 Å². The maximum Gasteiger partial charge on any atom is 0.268 e. The fourth-order valence-corrected chi connectivity index (χ4v) is 6.48. The second-order valence-electron chi connectivity index (χ2n) is 8.54. The average molecular weight is 434 g/mol. The summed E-state index contributed by atoms with van der Waals surface area (Å²) < 4.78 is 29.8. The Morgan fingerprint density at radius 2 is 1.55 bits per heavy atom. The number of fused-ring (bicyclic) bond motifs is 1. The van der Waals surface area contributed by atoms with E-state index in [1.54, 1.807) is 12.1 Å². The van der Waals surface area contributed by atoms with Gasteiger partial charge in [0.05, 0.1) is 16.1 Å². The van der Waals surface area contributed by atoms with E-state index in [9.17, 15) is 8.42 Å². The molecule has 1 saturated carbocycles. The molecule has 0 unspecified atom stereocenters. The van der Waals surface area contributed by atoms with Gasteiger partial charge in [0.25, 0.3) is 10.0 Å². The molecule has 1 fully saturated rings. The molecule has 4 aromatic rings.